The second-order valence-electron chi connectivity index (χ2n) is 7.03. The Kier molecular flexibility index (Phi) is 4.86. The fourth-order valence-electron chi connectivity index (χ4n) is 3.48. The number of hydrogen-bond acceptors (Lipinski definition) is 4. The summed E-state index contributed by atoms with van der Waals surface area (Å²) in [4.78, 5) is 14.4. The molecule has 2 heterocycles. The molecule has 0 aliphatic carbocycles. The number of carbonyl (C=O) groups excluding carboxylic acids is 1. The average Bonchev–Trinajstić information content (AvgIpc) is 3.14. The Morgan fingerprint density at radius 2 is 1.78 bits per heavy atom. The first-order valence-corrected chi connectivity index (χ1v) is 9.23. The van der Waals surface area contributed by atoms with E-state index in [4.69, 9.17) is 13.9 Å². The molecule has 0 radical (unpaired) electrons. The average molecular weight is 365 g/mol. The molecule has 4 rings (SSSR count). The third-order valence-corrected chi connectivity index (χ3v) is 4.68. The maximum atomic E-state index is 12.7. The minimum Gasteiger partial charge on any atom is -0.486 e. The predicted molar refractivity (Wildman–Crippen MR) is 103 cm³/mol. The van der Waals surface area contributed by atoms with E-state index in [-0.39, 0.29) is 24.7 Å². The number of morpholine rings is 1. The monoisotopic (exact) mass is 365 g/mol. The Labute approximate surface area is 158 Å². The van der Waals surface area contributed by atoms with Gasteiger partial charge in [-0.1, -0.05) is 30.3 Å². The van der Waals surface area contributed by atoms with Crippen LogP contribution in [0.3, 0.4) is 0 Å². The molecule has 5 heteroatoms. The maximum Gasteiger partial charge on any atom is 0.289 e. The van der Waals surface area contributed by atoms with Crippen LogP contribution in [0.1, 0.15) is 30.2 Å². The van der Waals surface area contributed by atoms with Gasteiger partial charge in [-0.05, 0) is 48.9 Å². The first-order valence-electron chi connectivity index (χ1n) is 9.23. The number of fused-ring (bicyclic) bond motifs is 1. The molecule has 1 fully saturated rings. The number of ether oxygens (including phenoxy) is 2. The number of hydrogen-bond donors (Lipinski definition) is 0. The first-order chi connectivity index (χ1) is 13.1. The number of benzene rings is 2. The van der Waals surface area contributed by atoms with Crippen molar-refractivity contribution in [2.45, 2.75) is 32.7 Å². The molecule has 0 saturated carbocycles. The normalized spacial score (nSPS) is 20.0. The molecule has 5 nitrogen and oxygen atoms in total. The summed E-state index contributed by atoms with van der Waals surface area (Å²) >= 11 is 0. The third-order valence-electron chi connectivity index (χ3n) is 4.68. The summed E-state index contributed by atoms with van der Waals surface area (Å²) < 4.78 is 17.2. The summed E-state index contributed by atoms with van der Waals surface area (Å²) in [6.45, 7) is 5.38. The van der Waals surface area contributed by atoms with Gasteiger partial charge in [-0.2, -0.15) is 0 Å². The van der Waals surface area contributed by atoms with Crippen LogP contribution in [0.4, 0.5) is 0 Å². The number of carbonyl (C=O) groups is 1. The third kappa shape index (κ3) is 3.98. The van der Waals surface area contributed by atoms with Gasteiger partial charge in [-0.15, -0.1) is 0 Å². The van der Waals surface area contributed by atoms with Crippen LogP contribution in [-0.4, -0.2) is 36.1 Å². The zero-order chi connectivity index (χ0) is 18.8. The van der Waals surface area contributed by atoms with Crippen LogP contribution in [0.25, 0.3) is 10.8 Å². The van der Waals surface area contributed by atoms with Crippen molar-refractivity contribution in [2.75, 3.05) is 13.1 Å². The van der Waals surface area contributed by atoms with E-state index in [1.807, 2.05) is 44.2 Å². The molecule has 1 amide bonds. The van der Waals surface area contributed by atoms with E-state index in [1.165, 1.54) is 5.39 Å². The van der Waals surface area contributed by atoms with Gasteiger partial charge in [0.15, 0.2) is 5.76 Å². The van der Waals surface area contributed by atoms with Crippen molar-refractivity contribution in [3.05, 3.63) is 66.1 Å². The molecule has 0 bridgehead atoms. The van der Waals surface area contributed by atoms with Crippen molar-refractivity contribution >= 4 is 16.7 Å². The summed E-state index contributed by atoms with van der Waals surface area (Å²) in [7, 11) is 0. The van der Waals surface area contributed by atoms with Crippen molar-refractivity contribution in [1.29, 1.82) is 0 Å². The molecule has 2 atom stereocenters. The molecule has 0 unspecified atom stereocenters. The first kappa shape index (κ1) is 17.6. The molecule has 2 aromatic carbocycles. The van der Waals surface area contributed by atoms with E-state index >= 15 is 0 Å². The van der Waals surface area contributed by atoms with Crippen LogP contribution in [0.2, 0.25) is 0 Å². The molecular formula is C22H23NO4. The van der Waals surface area contributed by atoms with Crippen LogP contribution in [0.15, 0.2) is 59.0 Å². The Morgan fingerprint density at radius 1 is 1.04 bits per heavy atom. The van der Waals surface area contributed by atoms with Gasteiger partial charge in [0.25, 0.3) is 5.91 Å². The van der Waals surface area contributed by atoms with E-state index < -0.39 is 0 Å². The highest BCUT2D eigenvalue weighted by Crippen LogP contribution is 2.22. The SMILES string of the molecule is C[C@@H]1CN(C(=O)c2ccc(COc3ccc4ccccc4c3)o2)C[C@H](C)O1. The van der Waals surface area contributed by atoms with Gasteiger partial charge in [0, 0.05) is 13.1 Å². The molecule has 1 saturated heterocycles. The van der Waals surface area contributed by atoms with Gasteiger partial charge in [-0.25, -0.2) is 0 Å². The predicted octanol–water partition coefficient (Wildman–Crippen LogP) is 4.26. The van der Waals surface area contributed by atoms with Crippen molar-refractivity contribution in [3.8, 4) is 5.75 Å². The van der Waals surface area contributed by atoms with Crippen molar-refractivity contribution in [3.63, 3.8) is 0 Å². The minimum atomic E-state index is -0.103. The zero-order valence-corrected chi connectivity index (χ0v) is 15.6. The topological polar surface area (TPSA) is 51.9 Å². The Balaban J connectivity index is 1.40. The summed E-state index contributed by atoms with van der Waals surface area (Å²) in [5.41, 5.74) is 0. The van der Waals surface area contributed by atoms with Crippen LogP contribution < -0.4 is 4.74 Å². The molecule has 0 spiro atoms. The molecule has 140 valence electrons. The summed E-state index contributed by atoms with van der Waals surface area (Å²) in [5.74, 6) is 1.64. The van der Waals surface area contributed by atoms with E-state index in [9.17, 15) is 4.79 Å². The van der Waals surface area contributed by atoms with Crippen molar-refractivity contribution < 1.29 is 18.7 Å². The molecular weight excluding hydrogens is 342 g/mol. The summed E-state index contributed by atoms with van der Waals surface area (Å²) in [6.07, 6.45) is 0.0618. The van der Waals surface area contributed by atoms with Crippen molar-refractivity contribution in [1.82, 2.24) is 4.90 Å². The molecule has 3 aromatic rings. The van der Waals surface area contributed by atoms with Crippen LogP contribution in [-0.2, 0) is 11.3 Å². The van der Waals surface area contributed by atoms with E-state index in [0.717, 1.165) is 11.1 Å². The minimum absolute atomic E-state index is 0.0309. The van der Waals surface area contributed by atoms with Gasteiger partial charge in [0.05, 0.1) is 12.2 Å². The highest BCUT2D eigenvalue weighted by Gasteiger charge is 2.28. The van der Waals surface area contributed by atoms with Gasteiger partial charge in [0.2, 0.25) is 0 Å². The van der Waals surface area contributed by atoms with Crippen molar-refractivity contribution in [2.24, 2.45) is 0 Å². The smallest absolute Gasteiger partial charge is 0.289 e. The lowest BCUT2D eigenvalue weighted by molar-refractivity contribution is -0.0592. The second-order valence-corrected chi connectivity index (χ2v) is 7.03. The standard InChI is InChI=1S/C22H23NO4/c1-15-12-23(13-16(2)26-15)22(24)21-10-9-20(27-21)14-25-19-8-7-17-5-3-4-6-18(17)11-19/h3-11,15-16H,12-14H2,1-2H3/t15-,16+. The number of nitrogens with zero attached hydrogens (tertiary/aromatic N) is 1. The summed E-state index contributed by atoms with van der Waals surface area (Å²) in [6, 6.07) is 17.6. The highest BCUT2D eigenvalue weighted by molar-refractivity contribution is 5.91. The molecule has 1 aromatic heterocycles. The van der Waals surface area contributed by atoms with Gasteiger partial charge in [0.1, 0.15) is 18.1 Å². The lowest BCUT2D eigenvalue weighted by Crippen LogP contribution is -2.48. The van der Waals surface area contributed by atoms with Gasteiger partial charge >= 0.3 is 0 Å². The lowest BCUT2D eigenvalue weighted by Gasteiger charge is -2.34. The van der Waals surface area contributed by atoms with Crippen LogP contribution in [0.5, 0.6) is 5.75 Å². The second kappa shape index (κ2) is 7.45. The molecule has 27 heavy (non-hydrogen) atoms. The van der Waals surface area contributed by atoms with Gasteiger partial charge < -0.3 is 18.8 Å². The highest BCUT2D eigenvalue weighted by atomic mass is 16.5. The number of furan rings is 1. The largest absolute Gasteiger partial charge is 0.486 e. The molecule has 0 N–H and O–H groups in total. The van der Waals surface area contributed by atoms with E-state index in [0.29, 0.717) is 24.6 Å². The van der Waals surface area contributed by atoms with Crippen LogP contribution >= 0.6 is 0 Å². The summed E-state index contributed by atoms with van der Waals surface area (Å²) in [5, 5.41) is 2.30. The Hall–Kier alpha value is -2.79. The fraction of sp³-hybridized carbons (Fsp3) is 0.318. The number of amides is 1. The quantitative estimate of drug-likeness (QED) is 0.693. The van der Waals surface area contributed by atoms with E-state index in [1.54, 1.807) is 17.0 Å². The number of rotatable bonds is 4. The fourth-order valence-corrected chi connectivity index (χ4v) is 3.48. The van der Waals surface area contributed by atoms with Gasteiger partial charge in [-0.3, -0.25) is 4.79 Å². The Morgan fingerprint density at radius 3 is 2.56 bits per heavy atom. The zero-order valence-electron chi connectivity index (χ0n) is 15.6. The maximum absolute atomic E-state index is 12.7. The Bertz CT molecular complexity index is 938. The molecule has 1 aliphatic heterocycles. The molecule has 1 aliphatic rings. The lowest BCUT2D eigenvalue weighted by atomic mass is 10.1. The van der Waals surface area contributed by atoms with Crippen LogP contribution in [0, 0.1) is 0 Å². The van der Waals surface area contributed by atoms with E-state index in [2.05, 4.69) is 12.1 Å².